The summed E-state index contributed by atoms with van der Waals surface area (Å²) in [7, 11) is 0. The third-order valence-electron chi connectivity index (χ3n) is 3.96. The minimum atomic E-state index is -4.53. The first-order valence-corrected chi connectivity index (χ1v) is 7.89. The summed E-state index contributed by atoms with van der Waals surface area (Å²) >= 11 is 0. The van der Waals surface area contributed by atoms with Crippen molar-refractivity contribution in [3.8, 4) is 16.9 Å². The van der Waals surface area contributed by atoms with Gasteiger partial charge < -0.3 is 4.74 Å². The second-order valence-corrected chi connectivity index (χ2v) is 5.85. The number of benzene rings is 3. The van der Waals surface area contributed by atoms with Crippen molar-refractivity contribution in [3.05, 3.63) is 88.7 Å². The molecule has 0 saturated carbocycles. The summed E-state index contributed by atoms with van der Waals surface area (Å²) in [4.78, 5) is 10.6. The van der Waals surface area contributed by atoms with Gasteiger partial charge in [0.15, 0.2) is 29.1 Å². The first-order chi connectivity index (χ1) is 13.6. The number of aldehydes is 1. The van der Waals surface area contributed by atoms with E-state index in [1.54, 1.807) is 0 Å². The lowest BCUT2D eigenvalue weighted by Gasteiger charge is -2.20. The zero-order valence-corrected chi connectivity index (χ0v) is 14.2. The quantitative estimate of drug-likeness (QED) is 0.291. The van der Waals surface area contributed by atoms with E-state index in [2.05, 4.69) is 4.74 Å². The summed E-state index contributed by atoms with van der Waals surface area (Å²) in [5.74, 6) is -10.2. The van der Waals surface area contributed by atoms with Crippen LogP contribution in [0.2, 0.25) is 0 Å². The van der Waals surface area contributed by atoms with Gasteiger partial charge in [-0.25, -0.2) is 22.0 Å². The fourth-order valence-corrected chi connectivity index (χ4v) is 2.53. The molecular formula is C20H9F7O2. The minimum Gasteiger partial charge on any atom is -0.429 e. The molecule has 2 nitrogen and oxygen atoms in total. The third-order valence-corrected chi connectivity index (χ3v) is 3.96. The topological polar surface area (TPSA) is 26.3 Å². The predicted molar refractivity (Wildman–Crippen MR) is 88.0 cm³/mol. The van der Waals surface area contributed by atoms with Crippen LogP contribution in [0.1, 0.15) is 15.9 Å². The summed E-state index contributed by atoms with van der Waals surface area (Å²) in [6.45, 7) is 0. The van der Waals surface area contributed by atoms with E-state index in [-0.39, 0.29) is 28.8 Å². The van der Waals surface area contributed by atoms with Crippen molar-refractivity contribution in [2.24, 2.45) is 0 Å². The molecule has 3 rings (SSSR count). The highest BCUT2D eigenvalue weighted by atomic mass is 19.3. The maximum absolute atomic E-state index is 14.4. The number of alkyl halides is 2. The van der Waals surface area contributed by atoms with Gasteiger partial charge >= 0.3 is 6.11 Å². The molecule has 3 aromatic rings. The first-order valence-electron chi connectivity index (χ1n) is 7.89. The molecule has 0 aromatic heterocycles. The average Bonchev–Trinajstić information content (AvgIpc) is 2.67. The Bertz CT molecular complexity index is 1060. The maximum Gasteiger partial charge on any atom is 0.429 e. The van der Waals surface area contributed by atoms with Crippen LogP contribution in [0.3, 0.4) is 0 Å². The Labute approximate surface area is 159 Å². The molecule has 150 valence electrons. The van der Waals surface area contributed by atoms with E-state index in [9.17, 15) is 35.5 Å². The van der Waals surface area contributed by atoms with Crippen LogP contribution in [0.25, 0.3) is 11.1 Å². The van der Waals surface area contributed by atoms with Crippen LogP contribution in [0.4, 0.5) is 30.7 Å². The molecule has 0 radical (unpaired) electrons. The zero-order valence-electron chi connectivity index (χ0n) is 14.2. The lowest BCUT2D eigenvalue weighted by atomic mass is 10.0. The number of carbonyl (C=O) groups is 1. The van der Waals surface area contributed by atoms with Crippen molar-refractivity contribution in [1.82, 2.24) is 0 Å². The standard InChI is InChI=1S/C20H9F7O2/c21-15-7-12(8-16(22)19(15)25)29-20(26,27)14-6-5-13(17(23)18(14)24)11-3-1-10(9-28)2-4-11/h1-9H. The summed E-state index contributed by atoms with van der Waals surface area (Å²) in [6, 6.07) is 6.91. The van der Waals surface area contributed by atoms with Gasteiger partial charge in [0.05, 0.1) is 0 Å². The molecular weight excluding hydrogens is 405 g/mol. The van der Waals surface area contributed by atoms with Crippen molar-refractivity contribution >= 4 is 6.29 Å². The van der Waals surface area contributed by atoms with E-state index in [0.29, 0.717) is 12.4 Å². The van der Waals surface area contributed by atoms with Gasteiger partial charge in [0.2, 0.25) is 0 Å². The fourth-order valence-electron chi connectivity index (χ4n) is 2.53. The SMILES string of the molecule is O=Cc1ccc(-c2ccc(C(F)(F)Oc3cc(F)c(F)c(F)c3)c(F)c2F)cc1. The Morgan fingerprint density at radius 2 is 1.34 bits per heavy atom. The van der Waals surface area contributed by atoms with Gasteiger partial charge in [-0.2, -0.15) is 8.78 Å². The van der Waals surface area contributed by atoms with Crippen molar-refractivity contribution < 1.29 is 40.3 Å². The van der Waals surface area contributed by atoms with E-state index in [1.807, 2.05) is 0 Å². The molecule has 0 spiro atoms. The van der Waals surface area contributed by atoms with Gasteiger partial charge in [-0.05, 0) is 11.6 Å². The number of hydrogen-bond acceptors (Lipinski definition) is 2. The Balaban J connectivity index is 1.97. The van der Waals surface area contributed by atoms with Gasteiger partial charge in [-0.1, -0.05) is 30.3 Å². The average molecular weight is 414 g/mol. The lowest BCUT2D eigenvalue weighted by Crippen LogP contribution is -2.24. The van der Waals surface area contributed by atoms with Gasteiger partial charge in [-0.3, -0.25) is 4.79 Å². The Morgan fingerprint density at radius 1 is 0.759 bits per heavy atom. The molecule has 0 N–H and O–H groups in total. The van der Waals surface area contributed by atoms with Crippen LogP contribution in [0.15, 0.2) is 48.5 Å². The van der Waals surface area contributed by atoms with Crippen LogP contribution in [0, 0.1) is 29.1 Å². The number of ether oxygens (including phenoxy) is 1. The number of halogens is 7. The number of carbonyl (C=O) groups excluding carboxylic acids is 1. The Morgan fingerprint density at radius 3 is 1.90 bits per heavy atom. The summed E-state index contributed by atoms with van der Waals surface area (Å²) in [5, 5.41) is 0. The van der Waals surface area contributed by atoms with Crippen LogP contribution in [-0.4, -0.2) is 6.29 Å². The molecule has 0 aliphatic carbocycles. The second kappa shape index (κ2) is 7.57. The lowest BCUT2D eigenvalue weighted by molar-refractivity contribution is -0.187. The van der Waals surface area contributed by atoms with Crippen molar-refractivity contribution in [3.63, 3.8) is 0 Å². The summed E-state index contributed by atoms with van der Waals surface area (Å²) in [6.07, 6.45) is -4.00. The van der Waals surface area contributed by atoms with Gasteiger partial charge in [0.1, 0.15) is 17.6 Å². The first kappa shape index (κ1) is 20.4. The third kappa shape index (κ3) is 3.94. The highest BCUT2D eigenvalue weighted by Crippen LogP contribution is 2.37. The monoisotopic (exact) mass is 414 g/mol. The van der Waals surface area contributed by atoms with E-state index in [0.717, 1.165) is 6.07 Å². The highest BCUT2D eigenvalue weighted by molar-refractivity contribution is 5.77. The molecule has 0 bridgehead atoms. The van der Waals surface area contributed by atoms with E-state index < -0.39 is 46.5 Å². The van der Waals surface area contributed by atoms with Crippen LogP contribution < -0.4 is 4.74 Å². The summed E-state index contributed by atoms with van der Waals surface area (Å²) < 4.78 is 101. The van der Waals surface area contributed by atoms with Crippen LogP contribution in [-0.2, 0) is 6.11 Å². The highest BCUT2D eigenvalue weighted by Gasteiger charge is 2.39. The molecule has 0 heterocycles. The zero-order chi connectivity index (χ0) is 21.3. The number of rotatable bonds is 5. The van der Waals surface area contributed by atoms with E-state index in [1.165, 1.54) is 24.3 Å². The Kier molecular flexibility index (Phi) is 5.32. The van der Waals surface area contributed by atoms with Crippen molar-refractivity contribution in [1.29, 1.82) is 0 Å². The van der Waals surface area contributed by atoms with Gasteiger partial charge in [0.25, 0.3) is 0 Å². The molecule has 0 fully saturated rings. The van der Waals surface area contributed by atoms with Crippen LogP contribution >= 0.6 is 0 Å². The molecule has 0 atom stereocenters. The van der Waals surface area contributed by atoms with Crippen molar-refractivity contribution in [2.45, 2.75) is 6.11 Å². The van der Waals surface area contributed by atoms with E-state index >= 15 is 0 Å². The molecule has 0 unspecified atom stereocenters. The fraction of sp³-hybridized carbons (Fsp3) is 0.0500. The summed E-state index contributed by atoms with van der Waals surface area (Å²) in [5.41, 5.74) is -1.51. The number of hydrogen-bond donors (Lipinski definition) is 0. The van der Waals surface area contributed by atoms with E-state index in [4.69, 9.17) is 0 Å². The van der Waals surface area contributed by atoms with Crippen molar-refractivity contribution in [2.75, 3.05) is 0 Å². The maximum atomic E-state index is 14.4. The largest absolute Gasteiger partial charge is 0.429 e. The predicted octanol–water partition coefficient (Wildman–Crippen LogP) is 5.99. The molecule has 0 amide bonds. The normalized spacial score (nSPS) is 11.4. The smallest absolute Gasteiger partial charge is 0.429 e. The second-order valence-electron chi connectivity index (χ2n) is 5.85. The molecule has 29 heavy (non-hydrogen) atoms. The molecule has 0 saturated heterocycles. The Hall–Kier alpha value is -3.36. The van der Waals surface area contributed by atoms with Crippen LogP contribution in [0.5, 0.6) is 5.75 Å². The minimum absolute atomic E-state index is 0.116. The molecule has 9 heteroatoms. The molecule has 0 aliphatic rings. The van der Waals surface area contributed by atoms with Gasteiger partial charge in [-0.15, -0.1) is 0 Å². The van der Waals surface area contributed by atoms with Gasteiger partial charge in [0, 0.05) is 23.3 Å². The molecule has 0 aliphatic heterocycles. The molecule has 3 aromatic carbocycles.